The predicted octanol–water partition coefficient (Wildman–Crippen LogP) is 2.94. The molecule has 0 saturated carbocycles. The molecule has 4 heteroatoms. The van der Waals surface area contributed by atoms with Gasteiger partial charge < -0.3 is 14.6 Å². The third kappa shape index (κ3) is 2.07. The Kier molecular flexibility index (Phi) is 3.15. The number of fused-ring (bicyclic) bond motifs is 1. The summed E-state index contributed by atoms with van der Waals surface area (Å²) in [5.74, 6) is -0.282. The van der Waals surface area contributed by atoms with E-state index in [1.807, 2.05) is 12.1 Å². The van der Waals surface area contributed by atoms with Crippen molar-refractivity contribution in [2.75, 3.05) is 25.1 Å². The lowest BCUT2D eigenvalue weighted by molar-refractivity contribution is 0.0603. The van der Waals surface area contributed by atoms with Crippen LogP contribution in [0.2, 0.25) is 0 Å². The van der Waals surface area contributed by atoms with Gasteiger partial charge in [-0.2, -0.15) is 0 Å². The largest absolute Gasteiger partial charge is 0.465 e. The van der Waals surface area contributed by atoms with Crippen LogP contribution in [-0.2, 0) is 4.74 Å². The molecule has 0 aliphatic carbocycles. The number of hydrogen-bond donors (Lipinski definition) is 1. The minimum atomic E-state index is -0.282. The number of carbonyl (C=O) groups is 1. The van der Waals surface area contributed by atoms with Crippen molar-refractivity contribution in [2.24, 2.45) is 0 Å². The Morgan fingerprint density at radius 1 is 1.26 bits per heavy atom. The summed E-state index contributed by atoms with van der Waals surface area (Å²) in [4.78, 5) is 17.4. The van der Waals surface area contributed by atoms with Gasteiger partial charge in [-0.3, -0.25) is 0 Å². The molecule has 3 rings (SSSR count). The van der Waals surface area contributed by atoms with Gasteiger partial charge in [0.05, 0.1) is 12.7 Å². The first-order chi connectivity index (χ1) is 9.31. The van der Waals surface area contributed by atoms with Crippen molar-refractivity contribution in [3.05, 3.63) is 30.0 Å². The number of nitrogens with one attached hydrogen (secondary N) is 1. The second-order valence-corrected chi connectivity index (χ2v) is 4.94. The molecule has 1 aliphatic rings. The van der Waals surface area contributed by atoms with Gasteiger partial charge in [0.15, 0.2) is 0 Å². The van der Waals surface area contributed by atoms with Crippen LogP contribution in [0.5, 0.6) is 0 Å². The van der Waals surface area contributed by atoms with Gasteiger partial charge in [0.25, 0.3) is 0 Å². The van der Waals surface area contributed by atoms with E-state index in [-0.39, 0.29) is 5.97 Å². The molecule has 4 nitrogen and oxygen atoms in total. The van der Waals surface area contributed by atoms with Crippen LogP contribution in [0.15, 0.2) is 24.4 Å². The number of aromatic amines is 1. The molecule has 100 valence electrons. The second-order valence-electron chi connectivity index (χ2n) is 4.94. The van der Waals surface area contributed by atoms with Gasteiger partial charge in [-0.25, -0.2) is 4.79 Å². The van der Waals surface area contributed by atoms with Crippen molar-refractivity contribution in [3.8, 4) is 0 Å². The van der Waals surface area contributed by atoms with E-state index in [2.05, 4.69) is 16.0 Å². The predicted molar refractivity (Wildman–Crippen MR) is 75.7 cm³/mol. The van der Waals surface area contributed by atoms with Crippen LogP contribution in [0, 0.1) is 0 Å². The number of hydrogen-bond acceptors (Lipinski definition) is 3. The standard InChI is InChI=1S/C15H18N2O2/c1-19-15(18)11-10-16-12-6-5-7-13(14(11)12)17-8-3-2-4-9-17/h5-7,10,16H,2-4,8-9H2,1H3. The molecule has 0 atom stereocenters. The number of carbonyl (C=O) groups excluding carboxylic acids is 1. The summed E-state index contributed by atoms with van der Waals surface area (Å²) in [6.07, 6.45) is 5.47. The van der Waals surface area contributed by atoms with Crippen molar-refractivity contribution in [2.45, 2.75) is 19.3 Å². The van der Waals surface area contributed by atoms with Crippen molar-refractivity contribution in [1.82, 2.24) is 4.98 Å². The van der Waals surface area contributed by atoms with E-state index in [0.29, 0.717) is 5.56 Å². The number of nitrogens with zero attached hydrogens (tertiary/aromatic N) is 1. The van der Waals surface area contributed by atoms with Crippen LogP contribution in [-0.4, -0.2) is 31.2 Å². The first kappa shape index (κ1) is 12.1. The fourth-order valence-electron chi connectivity index (χ4n) is 2.83. The number of rotatable bonds is 2. The molecule has 0 bridgehead atoms. The lowest BCUT2D eigenvalue weighted by Gasteiger charge is -2.29. The molecule has 19 heavy (non-hydrogen) atoms. The molecule has 1 aromatic carbocycles. The van der Waals surface area contributed by atoms with Gasteiger partial charge in [0, 0.05) is 35.9 Å². The van der Waals surface area contributed by atoms with Crippen molar-refractivity contribution < 1.29 is 9.53 Å². The number of H-pyrrole nitrogens is 1. The molecule has 0 radical (unpaired) electrons. The highest BCUT2D eigenvalue weighted by atomic mass is 16.5. The number of ether oxygens (including phenoxy) is 1. The summed E-state index contributed by atoms with van der Waals surface area (Å²) in [5, 5.41) is 0.983. The van der Waals surface area contributed by atoms with Crippen LogP contribution in [0.25, 0.3) is 10.9 Å². The van der Waals surface area contributed by atoms with Crippen molar-refractivity contribution >= 4 is 22.6 Å². The van der Waals surface area contributed by atoms with E-state index in [4.69, 9.17) is 4.74 Å². The number of esters is 1. The van der Waals surface area contributed by atoms with Gasteiger partial charge >= 0.3 is 5.97 Å². The van der Waals surface area contributed by atoms with Gasteiger partial charge in [-0.15, -0.1) is 0 Å². The maximum atomic E-state index is 11.9. The Labute approximate surface area is 112 Å². The molecule has 1 N–H and O–H groups in total. The summed E-state index contributed by atoms with van der Waals surface area (Å²) in [7, 11) is 1.42. The fraction of sp³-hybridized carbons (Fsp3) is 0.400. The Morgan fingerprint density at radius 2 is 2.05 bits per heavy atom. The van der Waals surface area contributed by atoms with Gasteiger partial charge in [-0.1, -0.05) is 6.07 Å². The minimum Gasteiger partial charge on any atom is -0.465 e. The lowest BCUT2D eigenvalue weighted by Crippen LogP contribution is -2.29. The number of methoxy groups -OCH3 is 1. The monoisotopic (exact) mass is 258 g/mol. The second kappa shape index (κ2) is 4.96. The molecule has 0 spiro atoms. The summed E-state index contributed by atoms with van der Waals surface area (Å²) in [5.41, 5.74) is 2.75. The summed E-state index contributed by atoms with van der Waals surface area (Å²) in [6.45, 7) is 2.12. The Bertz CT molecular complexity index is 597. The molecular weight excluding hydrogens is 240 g/mol. The van der Waals surface area contributed by atoms with Crippen molar-refractivity contribution in [3.63, 3.8) is 0 Å². The molecular formula is C15H18N2O2. The van der Waals surface area contributed by atoms with Gasteiger partial charge in [0.1, 0.15) is 0 Å². The minimum absolute atomic E-state index is 0.282. The van der Waals surface area contributed by atoms with Crippen LogP contribution < -0.4 is 4.90 Å². The third-order valence-electron chi connectivity index (χ3n) is 3.79. The first-order valence-electron chi connectivity index (χ1n) is 6.74. The average molecular weight is 258 g/mol. The van der Waals surface area contributed by atoms with E-state index in [1.54, 1.807) is 6.20 Å². The molecule has 0 amide bonds. The fourth-order valence-corrected chi connectivity index (χ4v) is 2.83. The maximum Gasteiger partial charge on any atom is 0.340 e. The summed E-state index contributed by atoms with van der Waals surface area (Å²) in [6, 6.07) is 6.12. The number of benzene rings is 1. The zero-order valence-corrected chi connectivity index (χ0v) is 11.1. The van der Waals surface area contributed by atoms with E-state index >= 15 is 0 Å². The quantitative estimate of drug-likeness (QED) is 0.842. The normalized spacial score (nSPS) is 15.7. The molecule has 1 saturated heterocycles. The smallest absolute Gasteiger partial charge is 0.340 e. The Morgan fingerprint density at radius 3 is 2.79 bits per heavy atom. The number of aromatic nitrogens is 1. The number of piperidine rings is 1. The van der Waals surface area contributed by atoms with Gasteiger partial charge in [0.2, 0.25) is 0 Å². The van der Waals surface area contributed by atoms with E-state index in [0.717, 1.165) is 29.7 Å². The van der Waals surface area contributed by atoms with Crippen LogP contribution >= 0.6 is 0 Å². The summed E-state index contributed by atoms with van der Waals surface area (Å²) >= 11 is 0. The topological polar surface area (TPSA) is 45.3 Å². The van der Waals surface area contributed by atoms with E-state index in [9.17, 15) is 4.79 Å². The molecule has 1 fully saturated rings. The highest BCUT2D eigenvalue weighted by Gasteiger charge is 2.19. The molecule has 2 heterocycles. The SMILES string of the molecule is COC(=O)c1c[nH]c2cccc(N3CCCCC3)c12. The van der Waals surface area contributed by atoms with E-state index in [1.165, 1.54) is 26.4 Å². The molecule has 0 unspecified atom stereocenters. The third-order valence-corrected chi connectivity index (χ3v) is 3.79. The zero-order valence-electron chi connectivity index (χ0n) is 11.1. The van der Waals surface area contributed by atoms with E-state index < -0.39 is 0 Å². The van der Waals surface area contributed by atoms with Crippen LogP contribution in [0.1, 0.15) is 29.6 Å². The number of anilines is 1. The lowest BCUT2D eigenvalue weighted by atomic mass is 10.1. The van der Waals surface area contributed by atoms with Crippen molar-refractivity contribution in [1.29, 1.82) is 0 Å². The van der Waals surface area contributed by atoms with Crippen LogP contribution in [0.4, 0.5) is 5.69 Å². The Balaban J connectivity index is 2.12. The highest BCUT2D eigenvalue weighted by molar-refractivity contribution is 6.09. The first-order valence-corrected chi connectivity index (χ1v) is 6.74. The average Bonchev–Trinajstić information content (AvgIpc) is 2.91. The van der Waals surface area contributed by atoms with Crippen LogP contribution in [0.3, 0.4) is 0 Å². The van der Waals surface area contributed by atoms with Gasteiger partial charge in [-0.05, 0) is 31.4 Å². The maximum absolute atomic E-state index is 11.9. The molecule has 2 aromatic rings. The summed E-state index contributed by atoms with van der Waals surface area (Å²) < 4.78 is 4.87. The molecule has 1 aromatic heterocycles. The highest BCUT2D eigenvalue weighted by Crippen LogP contribution is 2.31. The molecule has 1 aliphatic heterocycles. The Hall–Kier alpha value is -1.97. The zero-order chi connectivity index (χ0) is 13.2.